The molecule has 0 aliphatic heterocycles. The Labute approximate surface area is 117 Å². The lowest BCUT2D eigenvalue weighted by Gasteiger charge is -2.19. The standard InChI is InChI=1S/C15H18N4O/c1-15(2,3)16-9-12-10-20-14(18-12)19-13-7-5-4-6-11(13)8-17-19/h4-8,10,16H,9H2,1-3H3. The number of nitrogens with zero attached hydrogens (tertiary/aromatic N) is 3. The largest absolute Gasteiger partial charge is 0.430 e. The summed E-state index contributed by atoms with van der Waals surface area (Å²) in [6, 6.07) is 8.48. The van der Waals surface area contributed by atoms with Crippen molar-refractivity contribution in [2.24, 2.45) is 0 Å². The highest BCUT2D eigenvalue weighted by Gasteiger charge is 2.13. The smallest absolute Gasteiger partial charge is 0.323 e. The molecule has 0 unspecified atom stereocenters. The summed E-state index contributed by atoms with van der Waals surface area (Å²) in [5.74, 6) is 0. The van der Waals surface area contributed by atoms with Crippen LogP contribution in [0.15, 0.2) is 41.1 Å². The summed E-state index contributed by atoms with van der Waals surface area (Å²) in [5, 5.41) is 8.78. The van der Waals surface area contributed by atoms with Crippen LogP contribution in [-0.2, 0) is 6.54 Å². The highest BCUT2D eigenvalue weighted by molar-refractivity contribution is 5.79. The van der Waals surface area contributed by atoms with Crippen molar-refractivity contribution in [2.45, 2.75) is 32.9 Å². The number of hydrogen-bond acceptors (Lipinski definition) is 4. The zero-order chi connectivity index (χ0) is 14.2. The van der Waals surface area contributed by atoms with E-state index < -0.39 is 0 Å². The molecule has 0 atom stereocenters. The number of para-hydroxylation sites is 1. The van der Waals surface area contributed by atoms with Gasteiger partial charge < -0.3 is 9.73 Å². The molecule has 2 aromatic heterocycles. The Kier molecular flexibility index (Phi) is 3.06. The second kappa shape index (κ2) is 4.76. The second-order valence-corrected chi connectivity index (χ2v) is 5.84. The Bertz CT molecular complexity index is 721. The van der Waals surface area contributed by atoms with E-state index in [-0.39, 0.29) is 5.54 Å². The van der Waals surface area contributed by atoms with Crippen LogP contribution in [0.1, 0.15) is 26.5 Å². The number of nitrogens with one attached hydrogen (secondary N) is 1. The van der Waals surface area contributed by atoms with Crippen LogP contribution in [0.5, 0.6) is 0 Å². The van der Waals surface area contributed by atoms with Gasteiger partial charge in [-0.3, -0.25) is 0 Å². The topological polar surface area (TPSA) is 55.9 Å². The van der Waals surface area contributed by atoms with E-state index in [2.05, 4.69) is 36.2 Å². The second-order valence-electron chi connectivity index (χ2n) is 5.84. The van der Waals surface area contributed by atoms with E-state index in [1.807, 2.05) is 30.5 Å². The molecule has 104 valence electrons. The van der Waals surface area contributed by atoms with E-state index in [1.54, 1.807) is 10.9 Å². The van der Waals surface area contributed by atoms with E-state index in [4.69, 9.17) is 4.42 Å². The van der Waals surface area contributed by atoms with Gasteiger partial charge in [-0.25, -0.2) is 0 Å². The van der Waals surface area contributed by atoms with Gasteiger partial charge in [0, 0.05) is 17.5 Å². The van der Waals surface area contributed by atoms with Crippen molar-refractivity contribution in [2.75, 3.05) is 0 Å². The molecule has 3 aromatic rings. The number of oxazole rings is 1. The lowest BCUT2D eigenvalue weighted by Crippen LogP contribution is -2.35. The number of benzene rings is 1. The van der Waals surface area contributed by atoms with Crippen LogP contribution in [0.4, 0.5) is 0 Å². The third-order valence-corrected chi connectivity index (χ3v) is 3.00. The molecule has 5 heteroatoms. The fourth-order valence-corrected chi connectivity index (χ4v) is 1.95. The van der Waals surface area contributed by atoms with Crippen LogP contribution >= 0.6 is 0 Å². The van der Waals surface area contributed by atoms with Gasteiger partial charge in [-0.2, -0.15) is 14.8 Å². The fraction of sp³-hybridized carbons (Fsp3) is 0.333. The molecule has 1 N–H and O–H groups in total. The summed E-state index contributed by atoms with van der Waals surface area (Å²) in [6.07, 6.45) is 3.48. The molecule has 0 fully saturated rings. The van der Waals surface area contributed by atoms with Crippen molar-refractivity contribution >= 4 is 10.9 Å². The van der Waals surface area contributed by atoms with Crippen LogP contribution in [0.25, 0.3) is 16.9 Å². The molecule has 0 spiro atoms. The van der Waals surface area contributed by atoms with Gasteiger partial charge in [0.05, 0.1) is 17.4 Å². The maximum atomic E-state index is 5.53. The maximum absolute atomic E-state index is 5.53. The van der Waals surface area contributed by atoms with E-state index in [1.165, 1.54) is 0 Å². The highest BCUT2D eigenvalue weighted by atomic mass is 16.4. The van der Waals surface area contributed by atoms with E-state index >= 15 is 0 Å². The van der Waals surface area contributed by atoms with Crippen molar-refractivity contribution in [3.63, 3.8) is 0 Å². The number of aromatic nitrogens is 3. The third-order valence-electron chi connectivity index (χ3n) is 3.00. The predicted octanol–water partition coefficient (Wildman–Crippen LogP) is 2.90. The number of rotatable bonds is 3. The van der Waals surface area contributed by atoms with Crippen LogP contribution in [0, 0.1) is 0 Å². The Morgan fingerprint density at radius 1 is 1.25 bits per heavy atom. The van der Waals surface area contributed by atoms with Crippen LogP contribution < -0.4 is 5.32 Å². The number of hydrogen-bond donors (Lipinski definition) is 1. The first-order chi connectivity index (χ1) is 9.53. The SMILES string of the molecule is CC(C)(C)NCc1coc(-n2ncc3ccccc32)n1. The number of fused-ring (bicyclic) bond motifs is 1. The van der Waals surface area contributed by atoms with Crippen LogP contribution in [0.3, 0.4) is 0 Å². The van der Waals surface area contributed by atoms with Gasteiger partial charge in [-0.15, -0.1) is 0 Å². The van der Waals surface area contributed by atoms with Crippen LogP contribution in [-0.4, -0.2) is 20.3 Å². The molecule has 0 aliphatic rings. The molecule has 1 aromatic carbocycles. The van der Waals surface area contributed by atoms with Crippen molar-refractivity contribution in [1.29, 1.82) is 0 Å². The summed E-state index contributed by atoms with van der Waals surface area (Å²) >= 11 is 0. The lowest BCUT2D eigenvalue weighted by molar-refractivity contribution is 0.421. The van der Waals surface area contributed by atoms with Crippen LogP contribution in [0.2, 0.25) is 0 Å². The van der Waals surface area contributed by atoms with E-state index in [0.29, 0.717) is 12.6 Å². The van der Waals surface area contributed by atoms with Gasteiger partial charge in [0.15, 0.2) is 0 Å². The molecule has 0 aliphatic carbocycles. The van der Waals surface area contributed by atoms with Crippen molar-refractivity contribution in [1.82, 2.24) is 20.1 Å². The Balaban J connectivity index is 1.86. The predicted molar refractivity (Wildman–Crippen MR) is 77.7 cm³/mol. The molecule has 0 bridgehead atoms. The average molecular weight is 270 g/mol. The normalized spacial score (nSPS) is 12.2. The van der Waals surface area contributed by atoms with Gasteiger partial charge >= 0.3 is 6.01 Å². The van der Waals surface area contributed by atoms with Gasteiger partial charge in [0.25, 0.3) is 0 Å². The molecule has 0 radical (unpaired) electrons. The average Bonchev–Trinajstić information content (AvgIpc) is 3.01. The van der Waals surface area contributed by atoms with Gasteiger partial charge in [-0.1, -0.05) is 18.2 Å². The molecule has 3 rings (SSSR count). The van der Waals surface area contributed by atoms with E-state index in [0.717, 1.165) is 16.6 Å². The molecule has 0 saturated heterocycles. The third kappa shape index (κ3) is 2.58. The molecule has 0 saturated carbocycles. The zero-order valence-corrected chi connectivity index (χ0v) is 11.9. The quantitative estimate of drug-likeness (QED) is 0.795. The highest BCUT2D eigenvalue weighted by Crippen LogP contribution is 2.17. The van der Waals surface area contributed by atoms with E-state index in [9.17, 15) is 0 Å². The molecule has 2 heterocycles. The minimum absolute atomic E-state index is 0.0531. The zero-order valence-electron chi connectivity index (χ0n) is 11.9. The Morgan fingerprint density at radius 3 is 2.85 bits per heavy atom. The van der Waals surface area contributed by atoms with Gasteiger partial charge in [0.2, 0.25) is 0 Å². The summed E-state index contributed by atoms with van der Waals surface area (Å²) in [6.45, 7) is 7.03. The summed E-state index contributed by atoms with van der Waals surface area (Å²) < 4.78 is 7.25. The summed E-state index contributed by atoms with van der Waals surface area (Å²) in [4.78, 5) is 4.48. The Morgan fingerprint density at radius 2 is 2.05 bits per heavy atom. The van der Waals surface area contributed by atoms with Crippen molar-refractivity contribution < 1.29 is 4.42 Å². The molecular formula is C15H18N4O. The molecule has 5 nitrogen and oxygen atoms in total. The summed E-state index contributed by atoms with van der Waals surface area (Å²) in [5.41, 5.74) is 1.91. The van der Waals surface area contributed by atoms with Gasteiger partial charge in [-0.05, 0) is 26.8 Å². The molecular weight excluding hydrogens is 252 g/mol. The molecule has 0 amide bonds. The van der Waals surface area contributed by atoms with Gasteiger partial charge in [0.1, 0.15) is 6.26 Å². The van der Waals surface area contributed by atoms with Crippen molar-refractivity contribution in [3.8, 4) is 6.01 Å². The minimum Gasteiger partial charge on any atom is -0.430 e. The van der Waals surface area contributed by atoms with Crippen molar-refractivity contribution in [3.05, 3.63) is 42.4 Å². The first-order valence-corrected chi connectivity index (χ1v) is 6.65. The maximum Gasteiger partial charge on any atom is 0.323 e. The monoisotopic (exact) mass is 270 g/mol. The molecule has 20 heavy (non-hydrogen) atoms. The first kappa shape index (κ1) is 12.9. The fourth-order valence-electron chi connectivity index (χ4n) is 1.95. The Hall–Kier alpha value is -2.14. The minimum atomic E-state index is 0.0531. The lowest BCUT2D eigenvalue weighted by atomic mass is 10.1. The summed E-state index contributed by atoms with van der Waals surface area (Å²) in [7, 11) is 0. The first-order valence-electron chi connectivity index (χ1n) is 6.65.